The van der Waals surface area contributed by atoms with Crippen LogP contribution in [-0.4, -0.2) is 26.7 Å². The van der Waals surface area contributed by atoms with E-state index in [9.17, 15) is 9.59 Å². The molecule has 0 saturated carbocycles. The molecule has 0 aliphatic carbocycles. The summed E-state index contributed by atoms with van der Waals surface area (Å²) in [6.07, 6.45) is 8.02. The molecular formula is C41H25N5O2Zn. The van der Waals surface area contributed by atoms with Crippen LogP contribution in [0, 0.1) is 0 Å². The predicted octanol–water partition coefficient (Wildman–Crippen LogP) is 8.04. The summed E-state index contributed by atoms with van der Waals surface area (Å²) in [5.74, 6) is -0.540. The molecular weight excluding hydrogens is 660 g/mol. The van der Waals surface area contributed by atoms with Gasteiger partial charge in [-0.1, -0.05) is 103 Å². The third-order valence-electron chi connectivity index (χ3n) is 8.79. The molecule has 0 N–H and O–H groups in total. The minimum atomic E-state index is -0.270. The molecule has 7 nitrogen and oxygen atoms in total. The molecule has 0 radical (unpaired) electrons. The van der Waals surface area contributed by atoms with Gasteiger partial charge in [0.15, 0.2) is 0 Å². The fraction of sp³-hybridized carbons (Fsp3) is 0.0244. The minimum absolute atomic E-state index is 0. The van der Waals surface area contributed by atoms with E-state index in [1.165, 1.54) is 4.90 Å². The van der Waals surface area contributed by atoms with Gasteiger partial charge in [-0.05, 0) is 64.3 Å². The quantitative estimate of drug-likeness (QED) is 0.138. The molecule has 8 heteroatoms. The van der Waals surface area contributed by atoms with Crippen molar-refractivity contribution in [1.82, 2.24) is 24.8 Å². The summed E-state index contributed by atoms with van der Waals surface area (Å²) in [6, 6.07) is 37.0. The van der Waals surface area contributed by atoms with E-state index in [4.69, 9.17) is 19.9 Å². The molecule has 0 spiro atoms. The zero-order valence-electron chi connectivity index (χ0n) is 26.2. The maximum absolute atomic E-state index is 13.0. The summed E-state index contributed by atoms with van der Waals surface area (Å²) in [6.45, 7) is 0.191. The molecule has 3 aliphatic heterocycles. The maximum atomic E-state index is 13.0. The summed E-state index contributed by atoms with van der Waals surface area (Å²) >= 11 is 0. The Kier molecular flexibility index (Phi) is 7.58. The van der Waals surface area contributed by atoms with Gasteiger partial charge in [0.25, 0.3) is 11.8 Å². The van der Waals surface area contributed by atoms with Crippen LogP contribution < -0.4 is 9.97 Å². The number of imide groups is 1. The Bertz CT molecular complexity index is 2490. The van der Waals surface area contributed by atoms with Crippen LogP contribution in [0.4, 0.5) is 0 Å². The van der Waals surface area contributed by atoms with Gasteiger partial charge in [0.1, 0.15) is 0 Å². The summed E-state index contributed by atoms with van der Waals surface area (Å²) in [5, 5.41) is 0. The number of fused-ring (bicyclic) bond motifs is 9. The van der Waals surface area contributed by atoms with Crippen molar-refractivity contribution in [2.24, 2.45) is 0 Å². The molecule has 0 atom stereocenters. The van der Waals surface area contributed by atoms with Crippen molar-refractivity contribution in [2.75, 3.05) is 0 Å². The minimum Gasteiger partial charge on any atom is -0.657 e. The number of carbonyl (C=O) groups excluding carboxylic acids is 2. The van der Waals surface area contributed by atoms with Crippen LogP contribution in [0.3, 0.4) is 0 Å². The van der Waals surface area contributed by atoms with Gasteiger partial charge in [-0.15, -0.1) is 22.1 Å². The van der Waals surface area contributed by atoms with E-state index in [0.29, 0.717) is 11.1 Å². The Hall–Kier alpha value is -5.98. The van der Waals surface area contributed by atoms with E-state index in [2.05, 4.69) is 12.1 Å². The normalized spacial score (nSPS) is 13.1. The average molecular weight is 685 g/mol. The largest absolute Gasteiger partial charge is 2.00 e. The van der Waals surface area contributed by atoms with E-state index in [1.54, 1.807) is 24.3 Å². The average Bonchev–Trinajstić information content (AvgIpc) is 3.96. The topological polar surface area (TPSA) is 91.4 Å². The number of benzene rings is 3. The second kappa shape index (κ2) is 12.2. The molecule has 6 aromatic rings. The van der Waals surface area contributed by atoms with Gasteiger partial charge < -0.3 is 9.97 Å². The van der Waals surface area contributed by atoms with Gasteiger partial charge in [-0.2, -0.15) is 0 Å². The van der Waals surface area contributed by atoms with E-state index in [0.717, 1.165) is 72.7 Å². The van der Waals surface area contributed by atoms with Crippen molar-refractivity contribution in [3.05, 3.63) is 155 Å². The Morgan fingerprint density at radius 3 is 1.55 bits per heavy atom. The smallest absolute Gasteiger partial charge is 0.657 e. The van der Waals surface area contributed by atoms with Crippen molar-refractivity contribution in [1.29, 1.82) is 0 Å². The van der Waals surface area contributed by atoms with Gasteiger partial charge in [-0.25, -0.2) is 9.97 Å². The monoisotopic (exact) mass is 683 g/mol. The molecule has 3 aromatic heterocycles. The zero-order valence-corrected chi connectivity index (χ0v) is 29.2. The fourth-order valence-corrected chi connectivity index (χ4v) is 6.49. The van der Waals surface area contributed by atoms with Gasteiger partial charge in [0.2, 0.25) is 0 Å². The van der Waals surface area contributed by atoms with E-state index in [-0.39, 0.29) is 37.8 Å². The molecule has 3 aliphatic rings. The Morgan fingerprint density at radius 2 is 1.02 bits per heavy atom. The van der Waals surface area contributed by atoms with Crippen LogP contribution in [0.2, 0.25) is 0 Å². The van der Waals surface area contributed by atoms with Crippen LogP contribution in [0.5, 0.6) is 0 Å². The van der Waals surface area contributed by atoms with Crippen molar-refractivity contribution >= 4 is 58.2 Å². The Morgan fingerprint density at radius 1 is 0.531 bits per heavy atom. The first-order valence-corrected chi connectivity index (χ1v) is 15.7. The number of hydrogen-bond acceptors (Lipinski definition) is 4. The molecule has 2 amide bonds. The van der Waals surface area contributed by atoms with E-state index >= 15 is 0 Å². The third kappa shape index (κ3) is 5.46. The van der Waals surface area contributed by atoms with Crippen LogP contribution in [0.25, 0.3) is 68.6 Å². The van der Waals surface area contributed by atoms with Gasteiger partial charge in [0.05, 0.1) is 40.4 Å². The van der Waals surface area contributed by atoms with Gasteiger partial charge in [-0.3, -0.25) is 14.5 Å². The Balaban J connectivity index is 0.00000348. The first kappa shape index (κ1) is 30.4. The van der Waals surface area contributed by atoms with Gasteiger partial charge >= 0.3 is 19.5 Å². The molecule has 9 rings (SSSR count). The summed E-state index contributed by atoms with van der Waals surface area (Å²) < 4.78 is 0. The van der Waals surface area contributed by atoms with Crippen LogP contribution in [-0.2, 0) is 26.0 Å². The Labute approximate surface area is 294 Å². The summed E-state index contributed by atoms with van der Waals surface area (Å²) in [7, 11) is 0. The molecule has 0 saturated heterocycles. The number of hydrogen-bond donors (Lipinski definition) is 0. The van der Waals surface area contributed by atoms with Crippen LogP contribution >= 0.6 is 0 Å². The molecule has 228 valence electrons. The van der Waals surface area contributed by atoms with Gasteiger partial charge in [0, 0.05) is 0 Å². The van der Waals surface area contributed by atoms with Crippen LogP contribution in [0.1, 0.15) is 49.1 Å². The second-order valence-electron chi connectivity index (χ2n) is 11.9. The molecule has 3 aromatic carbocycles. The molecule has 0 fully saturated rings. The van der Waals surface area contributed by atoms with Crippen molar-refractivity contribution in [3.8, 4) is 22.3 Å². The fourth-order valence-electron chi connectivity index (χ4n) is 6.49. The first-order chi connectivity index (χ1) is 23.6. The maximum Gasteiger partial charge on any atom is 2.00 e. The van der Waals surface area contributed by atoms with E-state index in [1.807, 2.05) is 103 Å². The molecule has 0 unspecified atom stereocenters. The molecule has 6 heterocycles. The number of rotatable bonds is 4. The van der Waals surface area contributed by atoms with Crippen molar-refractivity contribution in [3.63, 3.8) is 0 Å². The van der Waals surface area contributed by atoms with Crippen LogP contribution in [0.15, 0.2) is 115 Å². The SMILES string of the molecule is O=C1c2ccccc2C(=O)N1Cc1ccc(-c2c3nc(cc4ccc([n-]4)c(-c4ccccc4)c4nc(cc5ccc2[n-]5)C=C4)C=C3)cc1.[Zn+2]. The summed E-state index contributed by atoms with van der Waals surface area (Å²) in [5.41, 5.74) is 12.0. The van der Waals surface area contributed by atoms with Crippen molar-refractivity contribution in [2.45, 2.75) is 6.54 Å². The third-order valence-corrected chi connectivity index (χ3v) is 8.79. The number of aromatic nitrogens is 4. The number of amides is 2. The zero-order chi connectivity index (χ0) is 32.2. The predicted molar refractivity (Wildman–Crippen MR) is 188 cm³/mol. The second-order valence-corrected chi connectivity index (χ2v) is 11.9. The number of nitrogens with zero attached hydrogens (tertiary/aromatic N) is 5. The number of carbonyl (C=O) groups is 2. The summed E-state index contributed by atoms with van der Waals surface area (Å²) in [4.78, 5) is 47.2. The van der Waals surface area contributed by atoms with Crippen molar-refractivity contribution < 1.29 is 29.1 Å². The van der Waals surface area contributed by atoms with E-state index < -0.39 is 0 Å². The molecule has 8 bridgehead atoms. The standard InChI is InChI=1S/C41H25N5O2.Zn/c47-40-32-8-4-5-9-33(32)41(48)46(40)24-25-10-12-27(13-11-25)39-36-20-16-30(44-36)22-28-14-18-34(42-28)38(26-6-2-1-3-7-26)35-19-15-29(43-35)23-31-17-21-37(39)45-31;/h1-23H,24H2;/q-2;+2. The first-order valence-electron chi connectivity index (χ1n) is 15.7. The molecule has 49 heavy (non-hydrogen) atoms.